The van der Waals surface area contributed by atoms with Crippen LogP contribution in [-0.4, -0.2) is 18.2 Å². The standard InChI is InChI=1S/C4H8ClNO/c5-3-4(6)1-2-7/h2,4H,1,3,6H2. The number of hydrogen-bond acceptors (Lipinski definition) is 2. The number of hydrogen-bond donors (Lipinski definition) is 1. The van der Waals surface area contributed by atoms with Crippen LogP contribution in [0.5, 0.6) is 0 Å². The van der Waals surface area contributed by atoms with E-state index in [0.29, 0.717) is 12.3 Å². The van der Waals surface area contributed by atoms with Crippen molar-refractivity contribution in [2.45, 2.75) is 12.5 Å². The van der Waals surface area contributed by atoms with Crippen molar-refractivity contribution in [3.05, 3.63) is 0 Å². The highest BCUT2D eigenvalue weighted by Crippen LogP contribution is 1.85. The second-order valence-corrected chi connectivity index (χ2v) is 1.63. The number of nitrogens with two attached hydrogens (primary N) is 1. The predicted molar refractivity (Wildman–Crippen MR) is 29.4 cm³/mol. The van der Waals surface area contributed by atoms with Gasteiger partial charge in [0.15, 0.2) is 0 Å². The maximum absolute atomic E-state index is 9.64. The van der Waals surface area contributed by atoms with E-state index < -0.39 is 0 Å². The quantitative estimate of drug-likeness (QED) is 0.427. The van der Waals surface area contributed by atoms with Crippen molar-refractivity contribution in [1.82, 2.24) is 0 Å². The Labute approximate surface area is 47.6 Å². The highest BCUT2D eigenvalue weighted by atomic mass is 35.5. The van der Waals surface area contributed by atoms with Crippen LogP contribution in [0.2, 0.25) is 0 Å². The first kappa shape index (κ1) is 6.92. The van der Waals surface area contributed by atoms with Gasteiger partial charge in [0.1, 0.15) is 6.29 Å². The molecule has 0 fully saturated rings. The van der Waals surface area contributed by atoms with Gasteiger partial charge in [-0.1, -0.05) is 0 Å². The fourth-order valence-electron chi connectivity index (χ4n) is 0.187. The highest BCUT2D eigenvalue weighted by molar-refractivity contribution is 6.18. The Kier molecular flexibility index (Phi) is 4.04. The first-order valence-corrected chi connectivity index (χ1v) is 2.60. The molecule has 0 aliphatic heterocycles. The van der Waals surface area contributed by atoms with E-state index in [2.05, 4.69) is 0 Å². The zero-order valence-electron chi connectivity index (χ0n) is 3.93. The molecular weight excluding hydrogens is 114 g/mol. The molecule has 1 atom stereocenters. The normalized spacial score (nSPS) is 13.4. The number of halogens is 1. The third-order valence-electron chi connectivity index (χ3n) is 0.597. The van der Waals surface area contributed by atoms with E-state index in [0.717, 1.165) is 6.29 Å². The van der Waals surface area contributed by atoms with Gasteiger partial charge in [0.25, 0.3) is 0 Å². The van der Waals surface area contributed by atoms with Gasteiger partial charge in [-0.05, 0) is 0 Å². The van der Waals surface area contributed by atoms with Gasteiger partial charge >= 0.3 is 0 Å². The first-order valence-electron chi connectivity index (χ1n) is 2.06. The van der Waals surface area contributed by atoms with Crippen molar-refractivity contribution < 1.29 is 4.79 Å². The van der Waals surface area contributed by atoms with Crippen LogP contribution in [-0.2, 0) is 4.79 Å². The molecule has 0 bridgehead atoms. The Balaban J connectivity index is 2.98. The number of aldehydes is 1. The van der Waals surface area contributed by atoms with E-state index in [9.17, 15) is 4.79 Å². The van der Waals surface area contributed by atoms with E-state index in [-0.39, 0.29) is 6.04 Å². The molecule has 0 amide bonds. The Morgan fingerprint density at radius 3 is 2.57 bits per heavy atom. The van der Waals surface area contributed by atoms with E-state index in [4.69, 9.17) is 17.3 Å². The van der Waals surface area contributed by atoms with Gasteiger partial charge in [0.05, 0.1) is 0 Å². The van der Waals surface area contributed by atoms with E-state index in [1.807, 2.05) is 0 Å². The van der Waals surface area contributed by atoms with Crippen molar-refractivity contribution in [2.24, 2.45) is 5.73 Å². The molecule has 3 heteroatoms. The molecule has 0 heterocycles. The van der Waals surface area contributed by atoms with Crippen molar-refractivity contribution in [1.29, 1.82) is 0 Å². The molecule has 0 aromatic carbocycles. The summed E-state index contributed by atoms with van der Waals surface area (Å²) in [5, 5.41) is 0. The summed E-state index contributed by atoms with van der Waals surface area (Å²) in [5.41, 5.74) is 5.22. The third-order valence-corrected chi connectivity index (χ3v) is 0.994. The summed E-state index contributed by atoms with van der Waals surface area (Å²) in [4.78, 5) is 9.64. The number of carbonyl (C=O) groups is 1. The molecule has 0 aliphatic carbocycles. The van der Waals surface area contributed by atoms with E-state index in [1.54, 1.807) is 0 Å². The molecule has 0 aliphatic rings. The van der Waals surface area contributed by atoms with Crippen LogP contribution in [0.4, 0.5) is 0 Å². The molecule has 0 spiro atoms. The lowest BCUT2D eigenvalue weighted by Gasteiger charge is -1.97. The molecule has 7 heavy (non-hydrogen) atoms. The lowest BCUT2D eigenvalue weighted by molar-refractivity contribution is -0.108. The van der Waals surface area contributed by atoms with Gasteiger partial charge in [0.2, 0.25) is 0 Å². The first-order chi connectivity index (χ1) is 3.31. The van der Waals surface area contributed by atoms with Crippen LogP contribution in [0, 0.1) is 0 Å². The zero-order chi connectivity index (χ0) is 5.70. The summed E-state index contributed by atoms with van der Waals surface area (Å²) in [6.45, 7) is 0. The van der Waals surface area contributed by atoms with Gasteiger partial charge in [-0.3, -0.25) is 0 Å². The summed E-state index contributed by atoms with van der Waals surface area (Å²) >= 11 is 5.25. The minimum atomic E-state index is -0.154. The summed E-state index contributed by atoms with van der Waals surface area (Å²) in [5.74, 6) is 0.360. The summed E-state index contributed by atoms with van der Waals surface area (Å²) in [7, 11) is 0. The smallest absolute Gasteiger partial charge is 0.121 e. The molecule has 2 nitrogen and oxygen atoms in total. The Morgan fingerprint density at radius 2 is 2.43 bits per heavy atom. The second-order valence-electron chi connectivity index (χ2n) is 1.32. The zero-order valence-corrected chi connectivity index (χ0v) is 4.69. The average molecular weight is 122 g/mol. The van der Waals surface area contributed by atoms with Gasteiger partial charge in [-0.2, -0.15) is 0 Å². The van der Waals surface area contributed by atoms with Gasteiger partial charge in [-0.15, -0.1) is 11.6 Å². The van der Waals surface area contributed by atoms with Crippen LogP contribution in [0.1, 0.15) is 6.42 Å². The van der Waals surface area contributed by atoms with Crippen molar-refractivity contribution >= 4 is 17.9 Å². The van der Waals surface area contributed by atoms with Crippen molar-refractivity contribution in [3.8, 4) is 0 Å². The molecule has 0 saturated carbocycles. The lowest BCUT2D eigenvalue weighted by atomic mass is 10.3. The summed E-state index contributed by atoms with van der Waals surface area (Å²) < 4.78 is 0. The molecule has 0 aromatic heterocycles. The molecule has 1 unspecified atom stereocenters. The highest BCUT2D eigenvalue weighted by Gasteiger charge is 1.94. The van der Waals surface area contributed by atoms with Crippen molar-refractivity contribution in [3.63, 3.8) is 0 Å². The van der Waals surface area contributed by atoms with Crippen LogP contribution in [0.25, 0.3) is 0 Å². The number of alkyl halides is 1. The average Bonchev–Trinajstić information content (AvgIpc) is 1.68. The molecule has 42 valence electrons. The lowest BCUT2D eigenvalue weighted by Crippen LogP contribution is -2.21. The molecule has 2 N–H and O–H groups in total. The number of carbonyl (C=O) groups excluding carboxylic acids is 1. The Hall–Kier alpha value is -0.0800. The predicted octanol–water partition coefficient (Wildman–Crippen LogP) is 0.141. The van der Waals surface area contributed by atoms with Gasteiger partial charge in [-0.25, -0.2) is 0 Å². The van der Waals surface area contributed by atoms with E-state index >= 15 is 0 Å². The SMILES string of the molecule is NC(CCl)CC=O. The van der Waals surface area contributed by atoms with Crippen LogP contribution < -0.4 is 5.73 Å². The van der Waals surface area contributed by atoms with Crippen LogP contribution in [0.3, 0.4) is 0 Å². The minimum Gasteiger partial charge on any atom is -0.326 e. The van der Waals surface area contributed by atoms with Crippen molar-refractivity contribution in [2.75, 3.05) is 5.88 Å². The second kappa shape index (κ2) is 4.09. The van der Waals surface area contributed by atoms with Gasteiger partial charge < -0.3 is 10.5 Å². The fourth-order valence-corrected chi connectivity index (χ4v) is 0.313. The minimum absolute atomic E-state index is 0.154. The van der Waals surface area contributed by atoms with Gasteiger partial charge in [0, 0.05) is 18.3 Å². The Morgan fingerprint density at radius 1 is 1.86 bits per heavy atom. The third kappa shape index (κ3) is 3.76. The fraction of sp³-hybridized carbons (Fsp3) is 0.750. The monoisotopic (exact) mass is 121 g/mol. The maximum atomic E-state index is 9.64. The molecule has 0 radical (unpaired) electrons. The maximum Gasteiger partial charge on any atom is 0.121 e. The van der Waals surface area contributed by atoms with Crippen LogP contribution >= 0.6 is 11.6 Å². The summed E-state index contributed by atoms with van der Waals surface area (Å²) in [6.07, 6.45) is 1.14. The molecular formula is C4H8ClNO. The summed E-state index contributed by atoms with van der Waals surface area (Å²) in [6, 6.07) is -0.154. The largest absolute Gasteiger partial charge is 0.326 e. The number of rotatable bonds is 3. The van der Waals surface area contributed by atoms with Crippen LogP contribution in [0.15, 0.2) is 0 Å². The van der Waals surface area contributed by atoms with E-state index in [1.165, 1.54) is 0 Å². The topological polar surface area (TPSA) is 43.1 Å². The molecule has 0 saturated heterocycles. The molecule has 0 aromatic rings. The molecule has 0 rings (SSSR count). The Bertz CT molecular complexity index is 57.7.